The van der Waals surface area contributed by atoms with Crippen LogP contribution in [0.5, 0.6) is 5.88 Å². The molecule has 0 aliphatic heterocycles. The molecule has 0 amide bonds. The fourth-order valence-electron chi connectivity index (χ4n) is 1.07. The van der Waals surface area contributed by atoms with Gasteiger partial charge in [0.05, 0.1) is 0 Å². The van der Waals surface area contributed by atoms with Gasteiger partial charge in [0, 0.05) is 6.20 Å². The van der Waals surface area contributed by atoms with E-state index in [-0.39, 0.29) is 5.82 Å². The van der Waals surface area contributed by atoms with Crippen molar-refractivity contribution in [3.8, 4) is 17.4 Å². The van der Waals surface area contributed by atoms with Crippen LogP contribution in [0, 0.1) is 5.82 Å². The second kappa shape index (κ2) is 3.49. The van der Waals surface area contributed by atoms with Crippen LogP contribution in [0.1, 0.15) is 0 Å². The number of aromatic nitrogens is 3. The molecule has 2 heterocycles. The van der Waals surface area contributed by atoms with E-state index < -0.39 is 17.3 Å². The lowest BCUT2D eigenvalue weighted by molar-refractivity contribution is 0.405. The SMILES string of the molecule is O=c1[nH]c(-c2ccccn2)nc(O)c1F. The average molecular weight is 207 g/mol. The van der Waals surface area contributed by atoms with E-state index in [0.717, 1.165) is 0 Å². The number of aromatic hydroxyl groups is 1. The molecule has 0 aromatic carbocycles. The van der Waals surface area contributed by atoms with Crippen LogP contribution in [0.4, 0.5) is 4.39 Å². The number of H-pyrrole nitrogens is 1. The van der Waals surface area contributed by atoms with Gasteiger partial charge in [0.2, 0.25) is 5.82 Å². The molecule has 2 rings (SSSR count). The van der Waals surface area contributed by atoms with Crippen molar-refractivity contribution in [1.29, 1.82) is 0 Å². The van der Waals surface area contributed by atoms with Crippen molar-refractivity contribution >= 4 is 0 Å². The molecule has 0 unspecified atom stereocenters. The Morgan fingerprint density at radius 2 is 2.20 bits per heavy atom. The van der Waals surface area contributed by atoms with E-state index >= 15 is 0 Å². The van der Waals surface area contributed by atoms with Crippen LogP contribution in [0.25, 0.3) is 11.5 Å². The summed E-state index contributed by atoms with van der Waals surface area (Å²) in [6, 6.07) is 4.95. The van der Waals surface area contributed by atoms with Gasteiger partial charge >= 0.3 is 0 Å². The van der Waals surface area contributed by atoms with Gasteiger partial charge in [-0.05, 0) is 12.1 Å². The molecule has 15 heavy (non-hydrogen) atoms. The third kappa shape index (κ3) is 1.69. The second-order valence-electron chi connectivity index (χ2n) is 2.77. The Labute approximate surface area is 83.3 Å². The number of aromatic amines is 1. The van der Waals surface area contributed by atoms with Crippen molar-refractivity contribution in [3.05, 3.63) is 40.6 Å². The topological polar surface area (TPSA) is 78.9 Å². The Morgan fingerprint density at radius 3 is 2.80 bits per heavy atom. The van der Waals surface area contributed by atoms with Crippen molar-refractivity contribution < 1.29 is 9.50 Å². The Hall–Kier alpha value is -2.24. The second-order valence-corrected chi connectivity index (χ2v) is 2.77. The van der Waals surface area contributed by atoms with Gasteiger partial charge in [-0.1, -0.05) is 6.07 Å². The molecule has 0 spiro atoms. The van der Waals surface area contributed by atoms with Gasteiger partial charge in [-0.2, -0.15) is 9.37 Å². The Kier molecular flexibility index (Phi) is 2.17. The van der Waals surface area contributed by atoms with Gasteiger partial charge in [-0.3, -0.25) is 9.78 Å². The van der Waals surface area contributed by atoms with Crippen molar-refractivity contribution in [1.82, 2.24) is 15.0 Å². The van der Waals surface area contributed by atoms with Crippen LogP contribution >= 0.6 is 0 Å². The lowest BCUT2D eigenvalue weighted by atomic mass is 10.3. The number of hydrogen-bond acceptors (Lipinski definition) is 4. The van der Waals surface area contributed by atoms with Crippen LogP contribution in [-0.4, -0.2) is 20.1 Å². The summed E-state index contributed by atoms with van der Waals surface area (Å²) >= 11 is 0. The summed E-state index contributed by atoms with van der Waals surface area (Å²) in [5.74, 6) is -2.20. The minimum Gasteiger partial charge on any atom is -0.491 e. The molecule has 2 aromatic heterocycles. The first-order valence-corrected chi connectivity index (χ1v) is 4.08. The first-order chi connectivity index (χ1) is 7.18. The molecule has 0 aliphatic rings. The molecule has 76 valence electrons. The van der Waals surface area contributed by atoms with Crippen LogP contribution < -0.4 is 5.56 Å². The average Bonchev–Trinajstić information content (AvgIpc) is 2.26. The maximum absolute atomic E-state index is 12.7. The highest BCUT2D eigenvalue weighted by molar-refractivity contribution is 5.48. The standard InChI is InChI=1S/C9H6FN3O2/c10-6-8(14)12-7(13-9(6)15)5-3-1-2-4-11-5/h1-4H,(H2,12,13,14,15). The summed E-state index contributed by atoms with van der Waals surface area (Å²) in [6.07, 6.45) is 1.50. The van der Waals surface area contributed by atoms with Gasteiger partial charge in [-0.25, -0.2) is 0 Å². The summed E-state index contributed by atoms with van der Waals surface area (Å²) in [7, 11) is 0. The van der Waals surface area contributed by atoms with E-state index in [1.807, 2.05) is 0 Å². The number of halogens is 1. The van der Waals surface area contributed by atoms with Gasteiger partial charge < -0.3 is 10.1 Å². The third-order valence-electron chi connectivity index (χ3n) is 1.75. The van der Waals surface area contributed by atoms with E-state index in [9.17, 15) is 9.18 Å². The fraction of sp³-hybridized carbons (Fsp3) is 0. The fourth-order valence-corrected chi connectivity index (χ4v) is 1.07. The molecule has 0 saturated heterocycles. The van der Waals surface area contributed by atoms with E-state index in [4.69, 9.17) is 5.11 Å². The zero-order chi connectivity index (χ0) is 10.8. The molecule has 2 aromatic rings. The van der Waals surface area contributed by atoms with Gasteiger partial charge in [0.25, 0.3) is 11.4 Å². The molecule has 0 saturated carbocycles. The maximum atomic E-state index is 12.7. The molecule has 0 radical (unpaired) electrons. The van der Waals surface area contributed by atoms with Crippen molar-refractivity contribution in [2.75, 3.05) is 0 Å². The smallest absolute Gasteiger partial charge is 0.291 e. The molecule has 0 bridgehead atoms. The largest absolute Gasteiger partial charge is 0.491 e. The van der Waals surface area contributed by atoms with Gasteiger partial charge in [0.15, 0.2) is 5.82 Å². The third-order valence-corrected chi connectivity index (χ3v) is 1.75. The Bertz CT molecular complexity index is 539. The number of nitrogens with one attached hydrogen (secondary N) is 1. The Morgan fingerprint density at radius 1 is 1.40 bits per heavy atom. The number of rotatable bonds is 1. The quantitative estimate of drug-likeness (QED) is 0.720. The zero-order valence-corrected chi connectivity index (χ0v) is 7.44. The van der Waals surface area contributed by atoms with Crippen LogP contribution in [0.3, 0.4) is 0 Å². The highest BCUT2D eigenvalue weighted by atomic mass is 19.1. The number of pyridine rings is 1. The van der Waals surface area contributed by atoms with E-state index in [0.29, 0.717) is 5.69 Å². The van der Waals surface area contributed by atoms with Gasteiger partial charge in [0.1, 0.15) is 5.69 Å². The van der Waals surface area contributed by atoms with E-state index in [1.165, 1.54) is 6.20 Å². The molecule has 0 fully saturated rings. The minimum atomic E-state index is -1.30. The maximum Gasteiger partial charge on any atom is 0.291 e. The van der Waals surface area contributed by atoms with Crippen LogP contribution in [-0.2, 0) is 0 Å². The monoisotopic (exact) mass is 207 g/mol. The molecule has 6 heteroatoms. The minimum absolute atomic E-state index is 0.0273. The van der Waals surface area contributed by atoms with Crippen molar-refractivity contribution in [2.24, 2.45) is 0 Å². The predicted molar refractivity (Wildman–Crippen MR) is 49.7 cm³/mol. The normalized spacial score (nSPS) is 10.2. The highest BCUT2D eigenvalue weighted by Crippen LogP contribution is 2.13. The summed E-state index contributed by atoms with van der Waals surface area (Å²) in [5, 5.41) is 9.01. The van der Waals surface area contributed by atoms with Crippen molar-refractivity contribution in [3.63, 3.8) is 0 Å². The predicted octanol–water partition coefficient (Wildman–Crippen LogP) is 0.677. The number of nitrogens with zero attached hydrogens (tertiary/aromatic N) is 2. The molecule has 0 aliphatic carbocycles. The Balaban J connectivity index is 2.61. The first-order valence-electron chi connectivity index (χ1n) is 4.08. The summed E-state index contributed by atoms with van der Waals surface area (Å²) < 4.78 is 12.7. The molecular weight excluding hydrogens is 201 g/mol. The molecule has 2 N–H and O–H groups in total. The van der Waals surface area contributed by atoms with Crippen LogP contribution in [0.15, 0.2) is 29.2 Å². The lowest BCUT2D eigenvalue weighted by Gasteiger charge is -1.99. The first kappa shape index (κ1) is 9.32. The summed E-state index contributed by atoms with van der Waals surface area (Å²) in [5.41, 5.74) is -0.673. The molecule has 0 atom stereocenters. The van der Waals surface area contributed by atoms with Gasteiger partial charge in [-0.15, -0.1) is 0 Å². The van der Waals surface area contributed by atoms with E-state index in [2.05, 4.69) is 15.0 Å². The lowest BCUT2D eigenvalue weighted by Crippen LogP contribution is -2.13. The van der Waals surface area contributed by atoms with Crippen LogP contribution in [0.2, 0.25) is 0 Å². The zero-order valence-electron chi connectivity index (χ0n) is 7.44. The molecular formula is C9H6FN3O2. The summed E-state index contributed by atoms with van der Waals surface area (Å²) in [4.78, 5) is 20.5. The van der Waals surface area contributed by atoms with E-state index in [1.54, 1.807) is 18.2 Å². The van der Waals surface area contributed by atoms with Crippen molar-refractivity contribution in [2.45, 2.75) is 0 Å². The highest BCUT2D eigenvalue weighted by Gasteiger charge is 2.10. The summed E-state index contributed by atoms with van der Waals surface area (Å²) in [6.45, 7) is 0. The number of hydrogen-bond donors (Lipinski definition) is 2. The molecule has 5 nitrogen and oxygen atoms in total.